The Balaban J connectivity index is 2.19. The second-order valence-corrected chi connectivity index (χ2v) is 5.23. The fourth-order valence-corrected chi connectivity index (χ4v) is 1.99. The smallest absolute Gasteiger partial charge is 0.243 e. The van der Waals surface area contributed by atoms with E-state index in [4.69, 9.17) is 23.2 Å². The van der Waals surface area contributed by atoms with E-state index < -0.39 is 0 Å². The summed E-state index contributed by atoms with van der Waals surface area (Å²) in [6.45, 7) is 5.69. The lowest BCUT2D eigenvalue weighted by Crippen LogP contribution is -2.03. The maximum Gasteiger partial charge on any atom is 0.243 e. The molecule has 0 radical (unpaired) electrons. The molecular formula is C14H14Cl2N4. The molecule has 0 bridgehead atoms. The van der Waals surface area contributed by atoms with Crippen molar-refractivity contribution < 1.29 is 0 Å². The molecule has 0 saturated carbocycles. The van der Waals surface area contributed by atoms with Crippen LogP contribution in [-0.2, 0) is 0 Å². The number of halogens is 2. The summed E-state index contributed by atoms with van der Waals surface area (Å²) >= 11 is 11.9. The highest BCUT2D eigenvalue weighted by atomic mass is 35.5. The van der Waals surface area contributed by atoms with Crippen molar-refractivity contribution in [2.45, 2.75) is 20.8 Å². The minimum absolute atomic E-state index is 0.474. The fourth-order valence-electron chi connectivity index (χ4n) is 1.70. The van der Waals surface area contributed by atoms with Crippen LogP contribution in [0.2, 0.25) is 10.0 Å². The van der Waals surface area contributed by atoms with E-state index in [0.29, 0.717) is 16.0 Å². The molecule has 0 saturated heterocycles. The Labute approximate surface area is 127 Å². The molecule has 1 aromatic carbocycles. The first-order chi connectivity index (χ1) is 9.45. The largest absolute Gasteiger partial charge is 0.245 e. The number of aromatic nitrogens is 2. The summed E-state index contributed by atoms with van der Waals surface area (Å²) in [4.78, 5) is 8.51. The summed E-state index contributed by atoms with van der Waals surface area (Å²) < 4.78 is 0. The first-order valence-electron chi connectivity index (χ1n) is 6.03. The maximum atomic E-state index is 5.98. The Kier molecular flexibility index (Phi) is 4.57. The van der Waals surface area contributed by atoms with E-state index in [9.17, 15) is 0 Å². The molecular weight excluding hydrogens is 295 g/mol. The molecule has 0 amide bonds. The molecule has 20 heavy (non-hydrogen) atoms. The first kappa shape index (κ1) is 14.8. The number of nitrogens with zero attached hydrogens (tertiary/aromatic N) is 3. The molecule has 0 fully saturated rings. The summed E-state index contributed by atoms with van der Waals surface area (Å²) in [5.41, 5.74) is 6.29. The van der Waals surface area contributed by atoms with Crippen molar-refractivity contribution in [3.8, 4) is 0 Å². The maximum absolute atomic E-state index is 5.98. The van der Waals surface area contributed by atoms with Gasteiger partial charge in [-0.15, -0.1) is 0 Å². The van der Waals surface area contributed by atoms with Crippen LogP contribution in [0.15, 0.2) is 29.4 Å². The van der Waals surface area contributed by atoms with Crippen molar-refractivity contribution in [1.82, 2.24) is 9.97 Å². The zero-order valence-electron chi connectivity index (χ0n) is 11.4. The highest BCUT2D eigenvalue weighted by molar-refractivity contribution is 6.42. The van der Waals surface area contributed by atoms with Gasteiger partial charge in [-0.2, -0.15) is 5.10 Å². The minimum Gasteiger partial charge on any atom is -0.245 e. The van der Waals surface area contributed by atoms with Crippen molar-refractivity contribution >= 4 is 34.9 Å². The molecule has 2 rings (SSSR count). The Morgan fingerprint density at radius 2 is 1.70 bits per heavy atom. The summed E-state index contributed by atoms with van der Waals surface area (Å²) in [5.74, 6) is 0.474. The number of rotatable bonds is 3. The first-order valence-corrected chi connectivity index (χ1v) is 6.79. The van der Waals surface area contributed by atoms with E-state index in [1.54, 1.807) is 12.1 Å². The quantitative estimate of drug-likeness (QED) is 0.681. The third kappa shape index (κ3) is 3.68. The molecule has 0 atom stereocenters. The van der Waals surface area contributed by atoms with Gasteiger partial charge < -0.3 is 0 Å². The lowest BCUT2D eigenvalue weighted by atomic mass is 10.1. The van der Waals surface area contributed by atoms with Gasteiger partial charge in [0, 0.05) is 11.4 Å². The van der Waals surface area contributed by atoms with Crippen molar-refractivity contribution in [2.75, 3.05) is 5.43 Å². The van der Waals surface area contributed by atoms with E-state index in [2.05, 4.69) is 20.5 Å². The van der Waals surface area contributed by atoms with Gasteiger partial charge in [0.25, 0.3) is 0 Å². The molecule has 1 N–H and O–H groups in total. The zero-order valence-corrected chi connectivity index (χ0v) is 12.9. The third-order valence-corrected chi connectivity index (χ3v) is 3.38. The summed E-state index contributed by atoms with van der Waals surface area (Å²) in [6.07, 6.45) is 0. The van der Waals surface area contributed by atoms with E-state index in [-0.39, 0.29) is 0 Å². The number of anilines is 1. The van der Waals surface area contributed by atoms with Crippen LogP contribution >= 0.6 is 23.2 Å². The van der Waals surface area contributed by atoms with Gasteiger partial charge in [0.2, 0.25) is 5.95 Å². The SMILES string of the molecule is C/C(=N\Nc1nc(C)cc(C)n1)c1ccc(Cl)c(Cl)c1. The molecule has 6 heteroatoms. The number of hydrogen-bond acceptors (Lipinski definition) is 4. The lowest BCUT2D eigenvalue weighted by Gasteiger charge is -2.05. The van der Waals surface area contributed by atoms with Crippen molar-refractivity contribution in [3.63, 3.8) is 0 Å². The monoisotopic (exact) mass is 308 g/mol. The van der Waals surface area contributed by atoms with Gasteiger partial charge in [-0.3, -0.25) is 0 Å². The van der Waals surface area contributed by atoms with Crippen molar-refractivity contribution in [1.29, 1.82) is 0 Å². The zero-order chi connectivity index (χ0) is 14.7. The van der Waals surface area contributed by atoms with Gasteiger partial charge in [-0.1, -0.05) is 29.3 Å². The summed E-state index contributed by atoms with van der Waals surface area (Å²) in [6, 6.07) is 7.27. The Morgan fingerprint density at radius 3 is 2.30 bits per heavy atom. The standard InChI is InChI=1S/C14H14Cl2N4/c1-8-6-9(2)18-14(17-8)20-19-10(3)11-4-5-12(15)13(16)7-11/h4-7H,1-3H3,(H,17,18,20)/b19-10+. The Bertz CT molecular complexity index is 648. The van der Waals surface area contributed by atoms with Crippen LogP contribution in [0.4, 0.5) is 5.95 Å². The van der Waals surface area contributed by atoms with E-state index >= 15 is 0 Å². The van der Waals surface area contributed by atoms with Crippen LogP contribution < -0.4 is 5.43 Å². The van der Waals surface area contributed by atoms with Gasteiger partial charge in [0.1, 0.15) is 0 Å². The lowest BCUT2D eigenvalue weighted by molar-refractivity contribution is 1.03. The molecule has 0 spiro atoms. The number of hydrogen-bond donors (Lipinski definition) is 1. The summed E-state index contributed by atoms with van der Waals surface area (Å²) in [5, 5.41) is 5.28. The fraction of sp³-hybridized carbons (Fsp3) is 0.214. The second kappa shape index (κ2) is 6.20. The van der Waals surface area contributed by atoms with Crippen LogP contribution in [0.3, 0.4) is 0 Å². The number of nitrogens with one attached hydrogen (secondary N) is 1. The van der Waals surface area contributed by atoms with Gasteiger partial charge in [-0.05, 0) is 44.5 Å². The second-order valence-electron chi connectivity index (χ2n) is 4.41. The van der Waals surface area contributed by atoms with E-state index in [0.717, 1.165) is 22.7 Å². The average molecular weight is 309 g/mol. The van der Waals surface area contributed by atoms with Gasteiger partial charge in [-0.25, -0.2) is 15.4 Å². The highest BCUT2D eigenvalue weighted by Gasteiger charge is 2.03. The van der Waals surface area contributed by atoms with Crippen molar-refractivity contribution in [3.05, 3.63) is 51.3 Å². The Morgan fingerprint density at radius 1 is 1.05 bits per heavy atom. The van der Waals surface area contributed by atoms with Crippen LogP contribution in [0.5, 0.6) is 0 Å². The number of benzene rings is 1. The highest BCUT2D eigenvalue weighted by Crippen LogP contribution is 2.22. The molecule has 0 unspecified atom stereocenters. The normalized spacial score (nSPS) is 11.6. The average Bonchev–Trinajstić information content (AvgIpc) is 2.38. The van der Waals surface area contributed by atoms with Crippen molar-refractivity contribution in [2.24, 2.45) is 5.10 Å². The predicted molar refractivity (Wildman–Crippen MR) is 83.8 cm³/mol. The minimum atomic E-state index is 0.474. The van der Waals surface area contributed by atoms with Crippen LogP contribution in [-0.4, -0.2) is 15.7 Å². The van der Waals surface area contributed by atoms with Gasteiger partial charge in [0.15, 0.2) is 0 Å². The number of aryl methyl sites for hydroxylation is 2. The van der Waals surface area contributed by atoms with Crippen LogP contribution in [0.1, 0.15) is 23.9 Å². The van der Waals surface area contributed by atoms with Gasteiger partial charge >= 0.3 is 0 Å². The number of hydrazone groups is 1. The molecule has 2 aromatic rings. The van der Waals surface area contributed by atoms with E-state index in [1.807, 2.05) is 32.9 Å². The topological polar surface area (TPSA) is 50.2 Å². The van der Waals surface area contributed by atoms with E-state index in [1.165, 1.54) is 0 Å². The molecule has 0 aliphatic rings. The summed E-state index contributed by atoms with van der Waals surface area (Å²) in [7, 11) is 0. The molecule has 4 nitrogen and oxygen atoms in total. The molecule has 0 aliphatic heterocycles. The predicted octanol–water partition coefficient (Wildman–Crippen LogP) is 4.24. The molecule has 0 aliphatic carbocycles. The Hall–Kier alpha value is -1.65. The van der Waals surface area contributed by atoms with Crippen LogP contribution in [0, 0.1) is 13.8 Å². The molecule has 1 aromatic heterocycles. The third-order valence-electron chi connectivity index (χ3n) is 2.64. The van der Waals surface area contributed by atoms with Crippen LogP contribution in [0.25, 0.3) is 0 Å². The van der Waals surface area contributed by atoms with Gasteiger partial charge in [0.05, 0.1) is 15.8 Å². The molecule has 1 heterocycles. The molecule has 104 valence electrons.